The van der Waals surface area contributed by atoms with Gasteiger partial charge in [-0.25, -0.2) is 0 Å². The van der Waals surface area contributed by atoms with Crippen LogP contribution in [0.3, 0.4) is 0 Å². The third-order valence-corrected chi connectivity index (χ3v) is 2.50. The molecule has 0 spiro atoms. The zero-order valence-corrected chi connectivity index (χ0v) is 8.72. The Kier molecular flexibility index (Phi) is 3.01. The summed E-state index contributed by atoms with van der Waals surface area (Å²) >= 11 is 0. The Morgan fingerprint density at radius 2 is 2.08 bits per heavy atom. The van der Waals surface area contributed by atoms with E-state index in [0.29, 0.717) is 0 Å². The molecule has 0 aromatic rings. The number of nitrogens with zero attached hydrogens (tertiary/aromatic N) is 2. The van der Waals surface area contributed by atoms with Crippen molar-refractivity contribution < 1.29 is 0 Å². The lowest BCUT2D eigenvalue weighted by Crippen LogP contribution is -2.33. The van der Waals surface area contributed by atoms with E-state index in [4.69, 9.17) is 0 Å². The quantitative estimate of drug-likeness (QED) is 0.621. The molecule has 0 radical (unpaired) electrons. The lowest BCUT2D eigenvalue weighted by atomic mass is 10.0. The molecular formula is C10H20N2. The minimum atomic E-state index is 1.19. The van der Waals surface area contributed by atoms with Crippen LogP contribution in [0.5, 0.6) is 0 Å². The molecule has 0 atom stereocenters. The molecule has 70 valence electrons. The zero-order chi connectivity index (χ0) is 9.14. The van der Waals surface area contributed by atoms with Crippen molar-refractivity contribution in [1.82, 2.24) is 9.80 Å². The van der Waals surface area contributed by atoms with E-state index in [9.17, 15) is 0 Å². The Balaban J connectivity index is 2.87. The molecular weight excluding hydrogens is 148 g/mol. The number of hydrogen-bond acceptors (Lipinski definition) is 2. The maximum atomic E-state index is 2.36. The third-order valence-electron chi connectivity index (χ3n) is 2.50. The average Bonchev–Trinajstić information content (AvgIpc) is 2.03. The summed E-state index contributed by atoms with van der Waals surface area (Å²) in [6.07, 6.45) is 3.79. The van der Waals surface area contributed by atoms with Crippen molar-refractivity contribution in [2.75, 3.05) is 27.7 Å². The highest BCUT2D eigenvalue weighted by Crippen LogP contribution is 2.24. The van der Waals surface area contributed by atoms with Gasteiger partial charge in [0.25, 0.3) is 0 Å². The van der Waals surface area contributed by atoms with Crippen LogP contribution in [0.1, 0.15) is 26.2 Å². The van der Waals surface area contributed by atoms with E-state index >= 15 is 0 Å². The molecule has 1 aliphatic heterocycles. The Labute approximate surface area is 75.8 Å². The first-order valence-corrected chi connectivity index (χ1v) is 4.77. The maximum absolute atomic E-state index is 2.36. The summed E-state index contributed by atoms with van der Waals surface area (Å²) in [5.74, 6) is 1.43. The number of rotatable bonds is 2. The second kappa shape index (κ2) is 3.83. The minimum absolute atomic E-state index is 1.19. The van der Waals surface area contributed by atoms with E-state index in [1.807, 2.05) is 0 Å². The molecule has 12 heavy (non-hydrogen) atoms. The molecule has 2 heteroatoms. The van der Waals surface area contributed by atoms with Crippen molar-refractivity contribution in [3.05, 3.63) is 11.4 Å². The first-order valence-electron chi connectivity index (χ1n) is 4.77. The Morgan fingerprint density at radius 3 is 2.50 bits per heavy atom. The standard InChI is InChI=1S/C10H20N2/c1-5-9-7-6-8-12(4)10(9)11(2)3/h5-8H2,1-4H3. The highest BCUT2D eigenvalue weighted by molar-refractivity contribution is 5.13. The van der Waals surface area contributed by atoms with Crippen LogP contribution in [-0.2, 0) is 0 Å². The van der Waals surface area contributed by atoms with Gasteiger partial charge in [-0.05, 0) is 24.8 Å². The molecule has 0 aromatic heterocycles. The summed E-state index contributed by atoms with van der Waals surface area (Å²) in [4.78, 5) is 4.60. The fourth-order valence-corrected chi connectivity index (χ4v) is 2.01. The van der Waals surface area contributed by atoms with Gasteiger partial charge in [-0.15, -0.1) is 0 Å². The van der Waals surface area contributed by atoms with Crippen molar-refractivity contribution in [1.29, 1.82) is 0 Å². The first kappa shape index (κ1) is 9.43. The van der Waals surface area contributed by atoms with E-state index in [1.165, 1.54) is 31.6 Å². The van der Waals surface area contributed by atoms with Gasteiger partial charge in [-0.1, -0.05) is 6.92 Å². The van der Waals surface area contributed by atoms with Crippen molar-refractivity contribution in [3.63, 3.8) is 0 Å². The fourth-order valence-electron chi connectivity index (χ4n) is 2.01. The predicted molar refractivity (Wildman–Crippen MR) is 52.9 cm³/mol. The van der Waals surface area contributed by atoms with E-state index in [0.717, 1.165) is 0 Å². The summed E-state index contributed by atoms with van der Waals surface area (Å²) in [6.45, 7) is 3.45. The van der Waals surface area contributed by atoms with Crippen LogP contribution < -0.4 is 0 Å². The second-order valence-corrected chi connectivity index (χ2v) is 3.70. The fraction of sp³-hybridized carbons (Fsp3) is 0.800. The second-order valence-electron chi connectivity index (χ2n) is 3.70. The topological polar surface area (TPSA) is 6.48 Å². The highest BCUT2D eigenvalue weighted by Gasteiger charge is 2.16. The van der Waals surface area contributed by atoms with Gasteiger partial charge in [0.15, 0.2) is 0 Å². The maximum Gasteiger partial charge on any atom is 0.102 e. The molecule has 0 bridgehead atoms. The van der Waals surface area contributed by atoms with Gasteiger partial charge < -0.3 is 9.80 Å². The van der Waals surface area contributed by atoms with Gasteiger partial charge in [-0.3, -0.25) is 0 Å². The molecule has 1 aliphatic rings. The smallest absolute Gasteiger partial charge is 0.102 e. The van der Waals surface area contributed by atoms with Gasteiger partial charge >= 0.3 is 0 Å². The van der Waals surface area contributed by atoms with Crippen molar-refractivity contribution >= 4 is 0 Å². The van der Waals surface area contributed by atoms with Gasteiger partial charge in [-0.2, -0.15) is 0 Å². The lowest BCUT2D eigenvalue weighted by molar-refractivity contribution is 0.269. The van der Waals surface area contributed by atoms with E-state index < -0.39 is 0 Å². The number of hydrogen-bond donors (Lipinski definition) is 0. The number of allylic oxidation sites excluding steroid dienone is 1. The van der Waals surface area contributed by atoms with Crippen LogP contribution >= 0.6 is 0 Å². The summed E-state index contributed by atoms with van der Waals surface area (Å²) < 4.78 is 0. The monoisotopic (exact) mass is 168 g/mol. The van der Waals surface area contributed by atoms with Crippen LogP contribution in [0, 0.1) is 0 Å². The van der Waals surface area contributed by atoms with Gasteiger partial charge in [0.1, 0.15) is 5.82 Å². The predicted octanol–water partition coefficient (Wildman–Crippen LogP) is 1.90. The normalized spacial score (nSPS) is 18.5. The van der Waals surface area contributed by atoms with Gasteiger partial charge in [0.05, 0.1) is 0 Å². The molecule has 1 rings (SSSR count). The van der Waals surface area contributed by atoms with Crippen LogP contribution in [-0.4, -0.2) is 37.5 Å². The van der Waals surface area contributed by atoms with E-state index in [2.05, 4.69) is 37.9 Å². The van der Waals surface area contributed by atoms with E-state index in [-0.39, 0.29) is 0 Å². The molecule has 0 N–H and O–H groups in total. The molecule has 0 unspecified atom stereocenters. The summed E-state index contributed by atoms with van der Waals surface area (Å²) in [7, 11) is 6.45. The SMILES string of the molecule is CCC1=C(N(C)C)N(C)CCC1. The summed E-state index contributed by atoms with van der Waals surface area (Å²) in [5.41, 5.74) is 1.61. The molecule has 2 nitrogen and oxygen atoms in total. The van der Waals surface area contributed by atoms with Gasteiger partial charge in [0, 0.05) is 27.7 Å². The molecule has 0 saturated carbocycles. The average molecular weight is 168 g/mol. The first-order chi connectivity index (χ1) is 5.66. The summed E-state index contributed by atoms with van der Waals surface area (Å²) in [6, 6.07) is 0. The van der Waals surface area contributed by atoms with Crippen molar-refractivity contribution in [3.8, 4) is 0 Å². The largest absolute Gasteiger partial charge is 0.364 e. The molecule has 1 heterocycles. The van der Waals surface area contributed by atoms with Crippen LogP contribution in [0.4, 0.5) is 0 Å². The lowest BCUT2D eigenvalue weighted by Gasteiger charge is -2.34. The minimum Gasteiger partial charge on any atom is -0.364 e. The van der Waals surface area contributed by atoms with Crippen LogP contribution in [0.15, 0.2) is 11.4 Å². The van der Waals surface area contributed by atoms with Crippen molar-refractivity contribution in [2.24, 2.45) is 0 Å². The molecule has 0 amide bonds. The summed E-state index contributed by atoms with van der Waals surface area (Å²) in [5, 5.41) is 0. The zero-order valence-electron chi connectivity index (χ0n) is 8.72. The van der Waals surface area contributed by atoms with Crippen molar-refractivity contribution in [2.45, 2.75) is 26.2 Å². The molecule has 0 aliphatic carbocycles. The third kappa shape index (κ3) is 1.74. The Hall–Kier alpha value is -0.660. The highest BCUT2D eigenvalue weighted by atomic mass is 15.3. The Bertz CT molecular complexity index is 182. The molecule has 0 aromatic carbocycles. The molecule has 0 fully saturated rings. The van der Waals surface area contributed by atoms with Crippen LogP contribution in [0.2, 0.25) is 0 Å². The Morgan fingerprint density at radius 1 is 1.42 bits per heavy atom. The van der Waals surface area contributed by atoms with Gasteiger partial charge in [0.2, 0.25) is 0 Å². The molecule has 0 saturated heterocycles. The van der Waals surface area contributed by atoms with E-state index in [1.54, 1.807) is 5.57 Å². The van der Waals surface area contributed by atoms with Crippen LogP contribution in [0.25, 0.3) is 0 Å².